The van der Waals surface area contributed by atoms with E-state index in [1.807, 2.05) is 19.1 Å². The van der Waals surface area contributed by atoms with E-state index in [9.17, 15) is 0 Å². The lowest BCUT2D eigenvalue weighted by atomic mass is 9.41. The predicted molar refractivity (Wildman–Crippen MR) is 131 cm³/mol. The van der Waals surface area contributed by atoms with Gasteiger partial charge in [-0.1, -0.05) is 95.1 Å². The lowest BCUT2D eigenvalue weighted by Crippen LogP contribution is -2.33. The maximum absolute atomic E-state index is 6.66. The number of hydrogen-bond donors (Lipinski definition) is 0. The van der Waals surface area contributed by atoms with E-state index in [0.29, 0.717) is 25.2 Å². The quantitative estimate of drug-likeness (QED) is 0.207. The van der Waals surface area contributed by atoms with E-state index in [1.165, 1.54) is 64.2 Å². The first-order valence-electron chi connectivity index (χ1n) is 12.4. The zero-order valence-electron chi connectivity index (χ0n) is 19.7. The molecule has 1 aromatic rings. The van der Waals surface area contributed by atoms with Crippen molar-refractivity contribution in [2.24, 2.45) is 0 Å². The summed E-state index contributed by atoms with van der Waals surface area (Å²) in [5.41, 5.74) is 1.14. The Balaban J connectivity index is 1.56. The lowest BCUT2D eigenvalue weighted by Gasteiger charge is -2.35. The second-order valence-electron chi connectivity index (χ2n) is 9.34. The van der Waals surface area contributed by atoms with Gasteiger partial charge in [0.05, 0.1) is 25.6 Å². The average Bonchev–Trinajstić information content (AvgIpc) is 2.82. The molecule has 0 radical (unpaired) electrons. The van der Waals surface area contributed by atoms with Crippen LogP contribution in [-0.4, -0.2) is 20.1 Å². The van der Waals surface area contributed by atoms with Gasteiger partial charge in [0.15, 0.2) is 0 Å². The van der Waals surface area contributed by atoms with Crippen LogP contribution in [0, 0.1) is 0 Å². The van der Waals surface area contributed by atoms with Crippen molar-refractivity contribution in [3.05, 3.63) is 54.3 Å². The number of rotatable bonds is 11. The van der Waals surface area contributed by atoms with Crippen LogP contribution in [0.4, 0.5) is 0 Å². The van der Waals surface area contributed by atoms with Gasteiger partial charge >= 0.3 is 6.92 Å². The van der Waals surface area contributed by atoms with E-state index in [1.54, 1.807) is 7.11 Å². The molecule has 170 valence electrons. The maximum atomic E-state index is 6.66. The minimum Gasteiger partial charge on any atom is -0.563 e. The molecule has 1 aromatic carbocycles. The molecule has 0 aliphatic heterocycles. The Kier molecular flexibility index (Phi) is 10.1. The van der Waals surface area contributed by atoms with Crippen molar-refractivity contribution < 1.29 is 14.1 Å². The summed E-state index contributed by atoms with van der Waals surface area (Å²) < 4.78 is 18.1. The Bertz CT molecular complexity index is 654. The Morgan fingerprint density at radius 3 is 2.10 bits per heavy atom. The molecule has 2 aliphatic carbocycles. The monoisotopic (exact) mass is 424 g/mol. The molecule has 0 unspecified atom stereocenters. The summed E-state index contributed by atoms with van der Waals surface area (Å²) in [6, 6.07) is 8.06. The summed E-state index contributed by atoms with van der Waals surface area (Å²) in [6.07, 6.45) is 18.4. The molecule has 2 fully saturated rings. The van der Waals surface area contributed by atoms with Crippen molar-refractivity contribution >= 4 is 6.92 Å². The van der Waals surface area contributed by atoms with Crippen LogP contribution in [-0.2, 0) is 16.0 Å². The van der Waals surface area contributed by atoms with Gasteiger partial charge in [-0.3, -0.25) is 0 Å². The maximum Gasteiger partial charge on any atom is 0.363 e. The number of allylic oxidation sites excluding steroid dienone is 1. The van der Waals surface area contributed by atoms with Gasteiger partial charge in [0.25, 0.3) is 0 Å². The zero-order valence-corrected chi connectivity index (χ0v) is 19.7. The molecule has 3 rings (SSSR count). The average molecular weight is 424 g/mol. The van der Waals surface area contributed by atoms with Crippen LogP contribution in [0.3, 0.4) is 0 Å². The fourth-order valence-electron chi connectivity index (χ4n) is 5.29. The summed E-state index contributed by atoms with van der Waals surface area (Å²) in [4.78, 5) is 0. The highest BCUT2D eigenvalue weighted by atomic mass is 16.5. The van der Waals surface area contributed by atoms with Crippen LogP contribution < -0.4 is 4.74 Å². The predicted octanol–water partition coefficient (Wildman–Crippen LogP) is 7.74. The number of methoxy groups -OCH3 is 1. The molecule has 0 spiro atoms. The van der Waals surface area contributed by atoms with Crippen molar-refractivity contribution in [2.75, 3.05) is 7.11 Å². The van der Waals surface area contributed by atoms with Gasteiger partial charge in [0.2, 0.25) is 0 Å². The molecule has 0 N–H and O–H groups in total. The topological polar surface area (TPSA) is 27.7 Å². The first-order valence-corrected chi connectivity index (χ1v) is 12.4. The van der Waals surface area contributed by atoms with E-state index >= 15 is 0 Å². The fourth-order valence-corrected chi connectivity index (χ4v) is 5.29. The minimum atomic E-state index is -0.0158. The van der Waals surface area contributed by atoms with Gasteiger partial charge in [-0.05, 0) is 36.3 Å². The van der Waals surface area contributed by atoms with Gasteiger partial charge in [-0.25, -0.2) is 0 Å². The number of ether oxygens (including phenoxy) is 2. The van der Waals surface area contributed by atoms with Crippen molar-refractivity contribution in [2.45, 2.75) is 102 Å². The van der Waals surface area contributed by atoms with Crippen LogP contribution in [0.25, 0.3) is 0 Å². The van der Waals surface area contributed by atoms with E-state index in [-0.39, 0.29) is 6.10 Å². The van der Waals surface area contributed by atoms with Crippen molar-refractivity contribution in [3.63, 3.8) is 0 Å². The number of benzene rings is 1. The number of hydrogen-bond acceptors (Lipinski definition) is 3. The third-order valence-electron chi connectivity index (χ3n) is 6.99. The SMILES string of the molecule is C=C(C[C@H](/C=C/C)OCc1ccc(OC)cc1)OB(C1CCCCC1)C1CCCCC1. The molecule has 4 heteroatoms. The third kappa shape index (κ3) is 7.75. The molecule has 0 saturated heterocycles. The normalized spacial score (nSPS) is 19.3. The highest BCUT2D eigenvalue weighted by molar-refractivity contribution is 6.55. The largest absolute Gasteiger partial charge is 0.563 e. The molecule has 0 bridgehead atoms. The van der Waals surface area contributed by atoms with Crippen LogP contribution in [0.1, 0.15) is 83.1 Å². The van der Waals surface area contributed by atoms with Gasteiger partial charge in [0, 0.05) is 6.42 Å². The van der Waals surface area contributed by atoms with Crippen molar-refractivity contribution in [1.29, 1.82) is 0 Å². The molecular formula is C27H41BO3. The van der Waals surface area contributed by atoms with E-state index in [4.69, 9.17) is 14.1 Å². The molecule has 0 aromatic heterocycles. The molecule has 0 heterocycles. The summed E-state index contributed by atoms with van der Waals surface area (Å²) in [5.74, 6) is 3.16. The van der Waals surface area contributed by atoms with Gasteiger partial charge in [-0.15, -0.1) is 0 Å². The Morgan fingerprint density at radius 1 is 1.00 bits per heavy atom. The van der Waals surface area contributed by atoms with Gasteiger partial charge in [0.1, 0.15) is 5.75 Å². The highest BCUT2D eigenvalue weighted by Gasteiger charge is 2.38. The summed E-state index contributed by atoms with van der Waals surface area (Å²) >= 11 is 0. The molecule has 31 heavy (non-hydrogen) atoms. The van der Waals surface area contributed by atoms with Crippen LogP contribution in [0.2, 0.25) is 11.6 Å². The third-order valence-corrected chi connectivity index (χ3v) is 6.99. The van der Waals surface area contributed by atoms with E-state index < -0.39 is 0 Å². The van der Waals surface area contributed by atoms with Crippen molar-refractivity contribution in [1.82, 2.24) is 0 Å². The Labute approximate surface area is 190 Å². The van der Waals surface area contributed by atoms with Crippen molar-refractivity contribution in [3.8, 4) is 5.75 Å². The van der Waals surface area contributed by atoms with E-state index in [0.717, 1.165) is 23.5 Å². The van der Waals surface area contributed by atoms with Crippen LogP contribution in [0.15, 0.2) is 48.8 Å². The minimum absolute atomic E-state index is 0.0158. The molecule has 1 atom stereocenters. The Hall–Kier alpha value is -1.68. The van der Waals surface area contributed by atoms with Gasteiger partial charge in [-0.2, -0.15) is 0 Å². The van der Waals surface area contributed by atoms with Gasteiger partial charge < -0.3 is 14.1 Å². The first kappa shape index (κ1) is 24.0. The second-order valence-corrected chi connectivity index (χ2v) is 9.34. The molecule has 3 nitrogen and oxygen atoms in total. The summed E-state index contributed by atoms with van der Waals surface area (Å²) in [6.45, 7) is 7.29. The summed E-state index contributed by atoms with van der Waals surface area (Å²) in [7, 11) is 1.69. The fraction of sp³-hybridized carbons (Fsp3) is 0.630. The molecule has 0 amide bonds. The summed E-state index contributed by atoms with van der Waals surface area (Å²) in [5, 5.41) is 0. The molecule has 2 saturated carbocycles. The molecular weight excluding hydrogens is 383 g/mol. The zero-order chi connectivity index (χ0) is 21.9. The van der Waals surface area contributed by atoms with E-state index in [2.05, 4.69) is 30.9 Å². The smallest absolute Gasteiger partial charge is 0.363 e. The highest BCUT2D eigenvalue weighted by Crippen LogP contribution is 2.42. The first-order chi connectivity index (χ1) is 15.2. The standard InChI is InChI=1S/C27H41BO3/c1-4-11-27(30-21-23-16-18-26(29-3)19-17-23)20-22(2)31-28(24-12-7-5-8-13-24)25-14-9-6-10-15-25/h4,11,16-19,24-25,27H,2,5-10,12-15,20-21H2,1,3H3/b11-4+/t27-/m0/s1. The Morgan fingerprint density at radius 2 is 1.58 bits per heavy atom. The van der Waals surface area contributed by atoms with Crippen LogP contribution >= 0.6 is 0 Å². The van der Waals surface area contributed by atoms with Crippen LogP contribution in [0.5, 0.6) is 5.75 Å². The second kappa shape index (κ2) is 13.0. The lowest BCUT2D eigenvalue weighted by molar-refractivity contribution is 0.0661. The molecule has 2 aliphatic rings.